The van der Waals surface area contributed by atoms with Crippen molar-refractivity contribution < 1.29 is 8.78 Å². The van der Waals surface area contributed by atoms with Crippen molar-refractivity contribution in [1.82, 2.24) is 9.97 Å². The molecule has 0 aliphatic heterocycles. The van der Waals surface area contributed by atoms with Crippen LogP contribution in [0.25, 0.3) is 33.2 Å². The van der Waals surface area contributed by atoms with Crippen LogP contribution in [0.1, 0.15) is 33.4 Å². The van der Waals surface area contributed by atoms with E-state index in [0.29, 0.717) is 17.3 Å². The van der Waals surface area contributed by atoms with Crippen LogP contribution in [0.3, 0.4) is 0 Å². The fourth-order valence-electron chi connectivity index (χ4n) is 6.03. The van der Waals surface area contributed by atoms with Crippen LogP contribution in [0.15, 0.2) is 84.9 Å². The van der Waals surface area contributed by atoms with Crippen molar-refractivity contribution in [3.8, 4) is 22.3 Å². The number of anilines is 4. The smallest absolute Gasteiger partial charge is 0.229 e. The predicted octanol–water partition coefficient (Wildman–Crippen LogP) is 10.6. The monoisotopic (exact) mass is 584 g/mol. The molecule has 0 bridgehead atoms. The van der Waals surface area contributed by atoms with Crippen molar-refractivity contribution in [3.63, 3.8) is 0 Å². The molecule has 6 rings (SSSR count). The Labute approximate surface area is 256 Å². The topological polar surface area (TPSA) is 49.8 Å². The van der Waals surface area contributed by atoms with Crippen molar-refractivity contribution in [2.45, 2.75) is 41.5 Å². The van der Waals surface area contributed by atoms with E-state index in [4.69, 9.17) is 9.97 Å². The van der Waals surface area contributed by atoms with Gasteiger partial charge >= 0.3 is 0 Å². The summed E-state index contributed by atoms with van der Waals surface area (Å²) < 4.78 is 27.9. The number of halogens is 2. The zero-order chi connectivity index (χ0) is 31.1. The molecule has 0 amide bonds. The summed E-state index contributed by atoms with van der Waals surface area (Å²) in [5.41, 5.74) is 12.7. The molecule has 0 aliphatic rings. The second-order valence-electron chi connectivity index (χ2n) is 11.6. The number of aryl methyl sites for hydroxylation is 6. The van der Waals surface area contributed by atoms with Gasteiger partial charge in [0.05, 0.1) is 5.52 Å². The normalized spacial score (nSPS) is 11.2. The van der Waals surface area contributed by atoms with E-state index in [1.807, 2.05) is 12.1 Å². The number of nitrogens with one attached hydrogen (secondary N) is 2. The average molecular weight is 585 g/mol. The van der Waals surface area contributed by atoms with Crippen LogP contribution in [0.2, 0.25) is 0 Å². The Morgan fingerprint density at radius 3 is 1.50 bits per heavy atom. The van der Waals surface area contributed by atoms with Gasteiger partial charge in [0, 0.05) is 22.3 Å². The lowest BCUT2D eigenvalue weighted by atomic mass is 9.95. The van der Waals surface area contributed by atoms with E-state index in [2.05, 4.69) is 76.4 Å². The second kappa shape index (κ2) is 11.5. The largest absolute Gasteiger partial charge is 0.339 e. The fourth-order valence-corrected chi connectivity index (χ4v) is 6.03. The molecular weight excluding hydrogens is 550 g/mol. The number of rotatable bonds is 6. The average Bonchev–Trinajstić information content (AvgIpc) is 2.97. The minimum Gasteiger partial charge on any atom is -0.339 e. The van der Waals surface area contributed by atoms with Crippen LogP contribution in [0.4, 0.5) is 31.9 Å². The molecule has 0 spiro atoms. The Kier molecular flexibility index (Phi) is 7.60. The van der Waals surface area contributed by atoms with E-state index >= 15 is 0 Å². The Morgan fingerprint density at radius 1 is 0.500 bits per heavy atom. The maximum Gasteiger partial charge on any atom is 0.229 e. The summed E-state index contributed by atoms with van der Waals surface area (Å²) in [7, 11) is 0. The Balaban J connectivity index is 1.64. The van der Waals surface area contributed by atoms with Gasteiger partial charge in [0.25, 0.3) is 0 Å². The van der Waals surface area contributed by atoms with Crippen molar-refractivity contribution in [2.24, 2.45) is 0 Å². The number of fused-ring (bicyclic) bond motifs is 1. The molecule has 0 radical (unpaired) electrons. The number of aromatic nitrogens is 2. The van der Waals surface area contributed by atoms with Gasteiger partial charge in [-0.2, -0.15) is 4.98 Å². The summed E-state index contributed by atoms with van der Waals surface area (Å²) in [6.45, 7) is 12.5. The molecule has 2 N–H and O–H groups in total. The van der Waals surface area contributed by atoms with Gasteiger partial charge in [-0.3, -0.25) is 0 Å². The first-order valence-electron chi connectivity index (χ1n) is 14.6. The fraction of sp³-hybridized carbons (Fsp3) is 0.158. The molecule has 0 fully saturated rings. The summed E-state index contributed by atoms with van der Waals surface area (Å²) in [5.74, 6) is 0.446. The summed E-state index contributed by atoms with van der Waals surface area (Å²) in [6.07, 6.45) is 0. The summed E-state index contributed by atoms with van der Waals surface area (Å²) in [5, 5.41) is 7.93. The third-order valence-electron chi connectivity index (χ3n) is 7.97. The van der Waals surface area contributed by atoms with Gasteiger partial charge < -0.3 is 10.6 Å². The van der Waals surface area contributed by atoms with Gasteiger partial charge in [-0.25, -0.2) is 13.8 Å². The van der Waals surface area contributed by atoms with Gasteiger partial charge in [-0.05, 0) is 117 Å². The third kappa shape index (κ3) is 5.76. The summed E-state index contributed by atoms with van der Waals surface area (Å²) >= 11 is 0. The molecule has 0 unspecified atom stereocenters. The number of hydrogen-bond donors (Lipinski definition) is 2. The first-order chi connectivity index (χ1) is 21.0. The van der Waals surface area contributed by atoms with Crippen LogP contribution in [0.5, 0.6) is 0 Å². The molecule has 0 atom stereocenters. The van der Waals surface area contributed by atoms with Crippen LogP contribution >= 0.6 is 0 Å². The van der Waals surface area contributed by atoms with Crippen molar-refractivity contribution in [3.05, 3.63) is 130 Å². The van der Waals surface area contributed by atoms with Gasteiger partial charge in [0.15, 0.2) is 0 Å². The SMILES string of the molecule is Cc1cc(C)c(Nc2nc(Nc3c(C)cc(C)cc3C)c3cc(-c4ccc(F)cc4)cc(-c4ccc(F)cc4)c3n2)c(C)c1. The number of benzene rings is 5. The lowest BCUT2D eigenvalue weighted by molar-refractivity contribution is 0.627. The first-order valence-corrected chi connectivity index (χ1v) is 14.6. The number of nitrogens with zero attached hydrogens (tertiary/aromatic N) is 2. The zero-order valence-corrected chi connectivity index (χ0v) is 25.7. The molecule has 1 aromatic heterocycles. The molecule has 5 aromatic carbocycles. The highest BCUT2D eigenvalue weighted by molar-refractivity contribution is 6.04. The van der Waals surface area contributed by atoms with Gasteiger partial charge in [-0.15, -0.1) is 0 Å². The quantitative estimate of drug-likeness (QED) is 0.204. The Bertz CT molecular complexity index is 1990. The Morgan fingerprint density at radius 2 is 0.977 bits per heavy atom. The van der Waals surface area contributed by atoms with Crippen molar-refractivity contribution in [2.75, 3.05) is 10.6 Å². The van der Waals surface area contributed by atoms with Crippen LogP contribution in [-0.4, -0.2) is 9.97 Å². The lowest BCUT2D eigenvalue weighted by Gasteiger charge is -2.19. The van der Waals surface area contributed by atoms with E-state index in [0.717, 1.165) is 61.3 Å². The highest BCUT2D eigenvalue weighted by atomic mass is 19.1. The van der Waals surface area contributed by atoms with Crippen LogP contribution in [0, 0.1) is 53.2 Å². The van der Waals surface area contributed by atoms with Crippen LogP contribution < -0.4 is 10.6 Å². The standard InChI is InChI=1S/C38H34F2N4/c1-21-15-23(3)34(24(4)16-21)41-37-33-20-29(27-7-11-30(39)12-8-27)19-32(28-9-13-31(40)14-10-28)36(33)43-38(44-37)42-35-25(5)17-22(2)18-26(35)6/h7-20H,1-6H3,(H2,41,42,43,44). The number of hydrogen-bond acceptors (Lipinski definition) is 4. The molecule has 1 heterocycles. The molecule has 6 heteroatoms. The van der Waals surface area contributed by atoms with E-state index in [1.165, 1.54) is 35.4 Å². The van der Waals surface area contributed by atoms with Gasteiger partial charge in [-0.1, -0.05) is 59.7 Å². The van der Waals surface area contributed by atoms with Gasteiger partial charge in [0.2, 0.25) is 5.95 Å². The highest BCUT2D eigenvalue weighted by Gasteiger charge is 2.18. The molecule has 4 nitrogen and oxygen atoms in total. The van der Waals surface area contributed by atoms with Crippen molar-refractivity contribution >= 4 is 34.0 Å². The third-order valence-corrected chi connectivity index (χ3v) is 7.97. The first kappa shape index (κ1) is 29.0. The molecule has 0 aliphatic carbocycles. The second-order valence-corrected chi connectivity index (χ2v) is 11.6. The Hall–Kier alpha value is -5.10. The molecular formula is C38H34F2N4. The van der Waals surface area contributed by atoms with E-state index < -0.39 is 0 Å². The maximum absolute atomic E-state index is 14.0. The lowest BCUT2D eigenvalue weighted by Crippen LogP contribution is -2.06. The maximum atomic E-state index is 14.0. The minimum absolute atomic E-state index is 0.304. The molecule has 220 valence electrons. The van der Waals surface area contributed by atoms with Crippen LogP contribution in [-0.2, 0) is 0 Å². The zero-order valence-electron chi connectivity index (χ0n) is 25.7. The molecule has 6 aromatic rings. The van der Waals surface area contributed by atoms with E-state index in [9.17, 15) is 8.78 Å². The summed E-state index contributed by atoms with van der Waals surface area (Å²) in [6, 6.07) is 25.4. The van der Waals surface area contributed by atoms with E-state index in [-0.39, 0.29) is 11.6 Å². The highest BCUT2D eigenvalue weighted by Crippen LogP contribution is 2.39. The van der Waals surface area contributed by atoms with Crippen molar-refractivity contribution in [1.29, 1.82) is 0 Å². The molecule has 0 saturated heterocycles. The van der Waals surface area contributed by atoms with Gasteiger partial charge in [0.1, 0.15) is 17.5 Å². The minimum atomic E-state index is -0.317. The molecule has 44 heavy (non-hydrogen) atoms. The van der Waals surface area contributed by atoms with E-state index in [1.54, 1.807) is 24.3 Å². The predicted molar refractivity (Wildman–Crippen MR) is 178 cm³/mol. The summed E-state index contributed by atoms with van der Waals surface area (Å²) in [4.78, 5) is 10.1. The molecule has 0 saturated carbocycles.